The van der Waals surface area contributed by atoms with E-state index < -0.39 is 0 Å². The molecule has 0 saturated carbocycles. The molecule has 1 aromatic heterocycles. The first-order valence-electron chi connectivity index (χ1n) is 8.69. The van der Waals surface area contributed by atoms with Gasteiger partial charge in [0.15, 0.2) is 5.11 Å². The molecule has 3 rings (SSSR count). The lowest BCUT2D eigenvalue weighted by Gasteiger charge is -2.13. The number of para-hydroxylation sites is 1. The molecule has 0 atom stereocenters. The molecule has 3 aromatic rings. The van der Waals surface area contributed by atoms with Crippen molar-refractivity contribution in [3.05, 3.63) is 76.0 Å². The summed E-state index contributed by atoms with van der Waals surface area (Å²) in [6, 6.07) is 16.0. The zero-order valence-corrected chi connectivity index (χ0v) is 17.4. The van der Waals surface area contributed by atoms with Gasteiger partial charge in [-0.2, -0.15) is 0 Å². The molecule has 2 aromatic carbocycles. The topological polar surface area (TPSA) is 79.5 Å². The minimum absolute atomic E-state index is 0.139. The molecule has 0 unspecified atom stereocenters. The molecule has 1 heterocycles. The minimum Gasteiger partial charge on any atom is -0.496 e. The summed E-state index contributed by atoms with van der Waals surface area (Å²) < 4.78 is 5.32. The summed E-state index contributed by atoms with van der Waals surface area (Å²) in [7, 11) is 1.52. The molecule has 3 N–H and O–H groups in total. The highest BCUT2D eigenvalue weighted by molar-refractivity contribution is 7.80. The molecule has 0 spiro atoms. The standard InChI is InChI=1S/C21H19N3O3S2/c1-13-6-3-9-16(18(13)27-2)19(25)24-21(28)23-15-8-4-7-14(12-15)22-20(26)17-10-5-11-29-17/h3-12H,1-2H3,(H,22,26)(H2,23,24,25,28). The molecule has 0 aliphatic rings. The Morgan fingerprint density at radius 2 is 1.69 bits per heavy atom. The van der Waals surface area contributed by atoms with Gasteiger partial charge in [0, 0.05) is 11.4 Å². The highest BCUT2D eigenvalue weighted by Gasteiger charge is 2.15. The van der Waals surface area contributed by atoms with Gasteiger partial charge in [0.05, 0.1) is 17.6 Å². The number of rotatable bonds is 5. The second-order valence-corrected chi connectivity index (χ2v) is 7.43. The fourth-order valence-corrected chi connectivity index (χ4v) is 3.54. The first-order valence-corrected chi connectivity index (χ1v) is 9.97. The number of hydrogen-bond acceptors (Lipinski definition) is 5. The van der Waals surface area contributed by atoms with Crippen LogP contribution in [0.2, 0.25) is 0 Å². The van der Waals surface area contributed by atoms with Crippen molar-refractivity contribution in [1.29, 1.82) is 0 Å². The van der Waals surface area contributed by atoms with Crippen LogP contribution in [0.25, 0.3) is 0 Å². The van der Waals surface area contributed by atoms with Gasteiger partial charge in [-0.05, 0) is 60.4 Å². The van der Waals surface area contributed by atoms with Crippen molar-refractivity contribution >= 4 is 51.9 Å². The molecule has 0 fully saturated rings. The lowest BCUT2D eigenvalue weighted by atomic mass is 10.1. The van der Waals surface area contributed by atoms with Gasteiger partial charge >= 0.3 is 0 Å². The van der Waals surface area contributed by atoms with Crippen LogP contribution in [0.3, 0.4) is 0 Å². The molecule has 2 amide bonds. The lowest BCUT2D eigenvalue weighted by Crippen LogP contribution is -2.34. The van der Waals surface area contributed by atoms with E-state index in [1.165, 1.54) is 18.4 Å². The van der Waals surface area contributed by atoms with Crippen molar-refractivity contribution in [1.82, 2.24) is 5.32 Å². The van der Waals surface area contributed by atoms with E-state index in [4.69, 9.17) is 17.0 Å². The van der Waals surface area contributed by atoms with E-state index in [9.17, 15) is 9.59 Å². The predicted octanol–water partition coefficient (Wildman–Crippen LogP) is 4.44. The van der Waals surface area contributed by atoms with Gasteiger partial charge in [-0.3, -0.25) is 14.9 Å². The highest BCUT2D eigenvalue weighted by Crippen LogP contribution is 2.23. The third-order valence-corrected chi connectivity index (χ3v) is 5.08. The van der Waals surface area contributed by atoms with E-state index >= 15 is 0 Å². The second-order valence-electron chi connectivity index (χ2n) is 6.08. The fourth-order valence-electron chi connectivity index (χ4n) is 2.71. The average Bonchev–Trinajstić information content (AvgIpc) is 3.23. The zero-order chi connectivity index (χ0) is 20.8. The van der Waals surface area contributed by atoms with E-state index in [2.05, 4.69) is 16.0 Å². The van der Waals surface area contributed by atoms with Gasteiger partial charge in [0.1, 0.15) is 5.75 Å². The van der Waals surface area contributed by atoms with Gasteiger partial charge in [-0.25, -0.2) is 0 Å². The van der Waals surface area contributed by atoms with Crippen molar-refractivity contribution in [3.8, 4) is 5.75 Å². The monoisotopic (exact) mass is 425 g/mol. The number of amides is 2. The third kappa shape index (κ3) is 5.18. The molecule has 6 nitrogen and oxygen atoms in total. The van der Waals surface area contributed by atoms with Crippen molar-refractivity contribution in [2.45, 2.75) is 6.92 Å². The first-order chi connectivity index (χ1) is 14.0. The summed E-state index contributed by atoms with van der Waals surface area (Å²) in [5, 5.41) is 10.4. The SMILES string of the molecule is COc1c(C)cccc1C(=O)NC(=S)Nc1cccc(NC(=O)c2cccs2)c1. The fraction of sp³-hybridized carbons (Fsp3) is 0.0952. The van der Waals surface area contributed by atoms with Crippen molar-refractivity contribution in [2.75, 3.05) is 17.7 Å². The number of methoxy groups -OCH3 is 1. The quantitative estimate of drug-likeness (QED) is 0.527. The molecule has 29 heavy (non-hydrogen) atoms. The summed E-state index contributed by atoms with van der Waals surface area (Å²) in [4.78, 5) is 25.4. The van der Waals surface area contributed by atoms with Gasteiger partial charge in [0.25, 0.3) is 11.8 Å². The van der Waals surface area contributed by atoms with Crippen LogP contribution in [0.1, 0.15) is 25.6 Å². The van der Waals surface area contributed by atoms with Crippen molar-refractivity contribution in [3.63, 3.8) is 0 Å². The molecule has 8 heteroatoms. The number of benzene rings is 2. The smallest absolute Gasteiger partial charge is 0.265 e. The summed E-state index contributed by atoms with van der Waals surface area (Å²) in [6.45, 7) is 1.86. The summed E-state index contributed by atoms with van der Waals surface area (Å²) >= 11 is 6.62. The van der Waals surface area contributed by atoms with Crippen molar-refractivity contribution in [2.24, 2.45) is 0 Å². The van der Waals surface area contributed by atoms with Crippen LogP contribution in [0.5, 0.6) is 5.75 Å². The largest absolute Gasteiger partial charge is 0.496 e. The van der Waals surface area contributed by atoms with E-state index in [1.807, 2.05) is 24.4 Å². The Hall–Kier alpha value is -3.23. The normalized spacial score (nSPS) is 10.1. The van der Waals surface area contributed by atoms with E-state index in [0.717, 1.165) is 5.56 Å². The van der Waals surface area contributed by atoms with E-state index in [-0.39, 0.29) is 16.9 Å². The zero-order valence-electron chi connectivity index (χ0n) is 15.8. The van der Waals surface area contributed by atoms with Gasteiger partial charge < -0.3 is 15.4 Å². The maximum Gasteiger partial charge on any atom is 0.265 e. The lowest BCUT2D eigenvalue weighted by molar-refractivity contribution is 0.0973. The average molecular weight is 426 g/mol. The number of ether oxygens (including phenoxy) is 1. The number of thiophene rings is 1. The predicted molar refractivity (Wildman–Crippen MR) is 120 cm³/mol. The van der Waals surface area contributed by atoms with Crippen LogP contribution in [-0.4, -0.2) is 24.0 Å². The van der Waals surface area contributed by atoms with Crippen LogP contribution in [0.4, 0.5) is 11.4 Å². The molecule has 0 aliphatic carbocycles. The Labute approximate surface area is 177 Å². The maximum atomic E-state index is 12.5. The third-order valence-electron chi connectivity index (χ3n) is 4.01. The van der Waals surface area contributed by atoms with E-state index in [0.29, 0.717) is 27.6 Å². The molecule has 0 aliphatic heterocycles. The first kappa shape index (κ1) is 20.5. The Morgan fingerprint density at radius 1 is 0.966 bits per heavy atom. The molecule has 148 valence electrons. The summed E-state index contributed by atoms with van der Waals surface area (Å²) in [5.74, 6) is -0.0455. The Bertz CT molecular complexity index is 1050. The Morgan fingerprint density at radius 3 is 2.38 bits per heavy atom. The minimum atomic E-state index is -0.370. The molecular formula is C21H19N3O3S2. The highest BCUT2D eigenvalue weighted by atomic mass is 32.1. The molecule has 0 bridgehead atoms. The van der Waals surface area contributed by atoms with Crippen LogP contribution in [0.15, 0.2) is 60.0 Å². The van der Waals surface area contributed by atoms with Crippen LogP contribution in [0, 0.1) is 6.92 Å². The van der Waals surface area contributed by atoms with Gasteiger partial charge in [0.2, 0.25) is 0 Å². The maximum absolute atomic E-state index is 12.5. The Kier molecular flexibility index (Phi) is 6.58. The molecule has 0 saturated heterocycles. The van der Waals surface area contributed by atoms with Crippen LogP contribution in [-0.2, 0) is 0 Å². The van der Waals surface area contributed by atoms with Crippen LogP contribution >= 0.6 is 23.6 Å². The summed E-state index contributed by atoms with van der Waals surface area (Å²) in [5.41, 5.74) is 2.50. The second kappa shape index (κ2) is 9.31. The van der Waals surface area contributed by atoms with Crippen molar-refractivity contribution < 1.29 is 14.3 Å². The molecule has 0 radical (unpaired) electrons. The number of carbonyl (C=O) groups is 2. The number of aryl methyl sites for hydroxylation is 1. The summed E-state index contributed by atoms with van der Waals surface area (Å²) in [6.07, 6.45) is 0. The van der Waals surface area contributed by atoms with Gasteiger partial charge in [-0.1, -0.05) is 24.3 Å². The van der Waals surface area contributed by atoms with E-state index in [1.54, 1.807) is 42.5 Å². The number of anilines is 2. The van der Waals surface area contributed by atoms with Gasteiger partial charge in [-0.15, -0.1) is 11.3 Å². The number of carbonyl (C=O) groups excluding carboxylic acids is 2. The van der Waals surface area contributed by atoms with Crippen LogP contribution < -0.4 is 20.7 Å². The molecular weight excluding hydrogens is 406 g/mol. The Balaban J connectivity index is 1.64. The number of nitrogens with one attached hydrogen (secondary N) is 3. The number of hydrogen-bond donors (Lipinski definition) is 3. The number of thiocarbonyl (C=S) groups is 1.